The number of piperazine rings is 1. The number of alkyl halides is 3. The van der Waals surface area contributed by atoms with Crippen LogP contribution < -0.4 is 4.90 Å². The first-order valence-electron chi connectivity index (χ1n) is 7.79. The fraction of sp³-hybridized carbons (Fsp3) is 0.353. The van der Waals surface area contributed by atoms with E-state index in [9.17, 15) is 13.2 Å². The second-order valence-electron chi connectivity index (χ2n) is 5.86. The minimum absolute atomic E-state index is 0.468. The van der Waals surface area contributed by atoms with Crippen LogP contribution in [0.25, 0.3) is 0 Å². The minimum Gasteiger partial charge on any atom is -0.354 e. The van der Waals surface area contributed by atoms with Crippen molar-refractivity contribution < 1.29 is 13.2 Å². The molecule has 2 aromatic rings. The first kappa shape index (κ1) is 18.3. The lowest BCUT2D eigenvalue weighted by atomic mass is 10.2. The van der Waals surface area contributed by atoms with Gasteiger partial charge in [0.1, 0.15) is 11.0 Å². The highest BCUT2D eigenvalue weighted by Gasteiger charge is 2.34. The maximum Gasteiger partial charge on any atom is 0.419 e. The molecule has 0 amide bonds. The fourth-order valence-corrected chi connectivity index (χ4v) is 3.27. The lowest BCUT2D eigenvalue weighted by molar-refractivity contribution is -0.137. The minimum atomic E-state index is -4.49. The van der Waals surface area contributed by atoms with Crippen LogP contribution in [0.1, 0.15) is 11.1 Å². The van der Waals surface area contributed by atoms with Crippen LogP contribution >= 0.6 is 23.2 Å². The SMILES string of the molecule is FC(F)(F)c1ccc(N2CCN(Cc3ccccc3Cl)CC2)nc1Cl. The normalized spacial score (nSPS) is 16.3. The summed E-state index contributed by atoms with van der Waals surface area (Å²) in [6.07, 6.45) is -4.49. The molecule has 0 N–H and O–H groups in total. The lowest BCUT2D eigenvalue weighted by Crippen LogP contribution is -2.46. The van der Waals surface area contributed by atoms with Crippen molar-refractivity contribution in [3.05, 3.63) is 57.7 Å². The van der Waals surface area contributed by atoms with E-state index in [0.29, 0.717) is 18.9 Å². The Morgan fingerprint density at radius 2 is 1.64 bits per heavy atom. The number of benzene rings is 1. The monoisotopic (exact) mass is 389 g/mol. The zero-order valence-electron chi connectivity index (χ0n) is 13.2. The smallest absolute Gasteiger partial charge is 0.354 e. The average molecular weight is 390 g/mol. The molecule has 0 aliphatic carbocycles. The Kier molecular flexibility index (Phi) is 5.41. The topological polar surface area (TPSA) is 19.4 Å². The zero-order chi connectivity index (χ0) is 18.0. The summed E-state index contributed by atoms with van der Waals surface area (Å²) in [5.41, 5.74) is 0.156. The van der Waals surface area contributed by atoms with E-state index < -0.39 is 16.9 Å². The van der Waals surface area contributed by atoms with Crippen molar-refractivity contribution in [3.8, 4) is 0 Å². The van der Waals surface area contributed by atoms with Crippen LogP contribution in [0, 0.1) is 0 Å². The van der Waals surface area contributed by atoms with Gasteiger partial charge in [0.2, 0.25) is 0 Å². The molecule has 1 aliphatic heterocycles. The van der Waals surface area contributed by atoms with Gasteiger partial charge in [0.05, 0.1) is 5.56 Å². The Morgan fingerprint density at radius 1 is 0.960 bits per heavy atom. The number of halogens is 5. The van der Waals surface area contributed by atoms with Gasteiger partial charge in [0, 0.05) is 37.7 Å². The number of pyridine rings is 1. The molecule has 3 rings (SSSR count). The van der Waals surface area contributed by atoms with Crippen molar-refractivity contribution >= 4 is 29.0 Å². The van der Waals surface area contributed by atoms with Gasteiger partial charge in [-0.3, -0.25) is 4.90 Å². The van der Waals surface area contributed by atoms with Crippen LogP contribution in [-0.4, -0.2) is 36.1 Å². The van der Waals surface area contributed by atoms with Crippen molar-refractivity contribution in [2.75, 3.05) is 31.1 Å². The van der Waals surface area contributed by atoms with Crippen molar-refractivity contribution in [3.63, 3.8) is 0 Å². The molecule has 25 heavy (non-hydrogen) atoms. The summed E-state index contributed by atoms with van der Waals surface area (Å²) in [5.74, 6) is 0.468. The zero-order valence-corrected chi connectivity index (χ0v) is 14.7. The largest absolute Gasteiger partial charge is 0.419 e. The Bertz CT molecular complexity index is 744. The van der Waals surface area contributed by atoms with Crippen LogP contribution in [0.5, 0.6) is 0 Å². The fourth-order valence-electron chi connectivity index (χ4n) is 2.81. The predicted molar refractivity (Wildman–Crippen MR) is 93.2 cm³/mol. The summed E-state index contributed by atoms with van der Waals surface area (Å²) in [5, 5.41) is 0.226. The number of aromatic nitrogens is 1. The summed E-state index contributed by atoms with van der Waals surface area (Å²) in [4.78, 5) is 8.11. The molecule has 8 heteroatoms. The summed E-state index contributed by atoms with van der Waals surface area (Å²) < 4.78 is 38.3. The molecular formula is C17H16Cl2F3N3. The van der Waals surface area contributed by atoms with E-state index in [2.05, 4.69) is 9.88 Å². The quantitative estimate of drug-likeness (QED) is 0.707. The van der Waals surface area contributed by atoms with Crippen LogP contribution in [-0.2, 0) is 12.7 Å². The number of hydrogen-bond donors (Lipinski definition) is 0. The first-order valence-corrected chi connectivity index (χ1v) is 8.54. The molecule has 0 saturated carbocycles. The summed E-state index contributed by atoms with van der Waals surface area (Å²) in [7, 11) is 0. The lowest BCUT2D eigenvalue weighted by Gasteiger charge is -2.35. The van der Waals surface area contributed by atoms with Crippen LogP contribution in [0.2, 0.25) is 10.2 Å². The van der Waals surface area contributed by atoms with Crippen molar-refractivity contribution in [2.24, 2.45) is 0 Å². The molecule has 1 aromatic heterocycles. The highest BCUT2D eigenvalue weighted by Crippen LogP contribution is 2.34. The van der Waals surface area contributed by atoms with E-state index in [1.165, 1.54) is 6.07 Å². The number of anilines is 1. The third kappa shape index (κ3) is 4.37. The van der Waals surface area contributed by atoms with Crippen molar-refractivity contribution in [1.29, 1.82) is 0 Å². The van der Waals surface area contributed by atoms with E-state index >= 15 is 0 Å². The van der Waals surface area contributed by atoms with E-state index in [0.717, 1.165) is 36.3 Å². The summed E-state index contributed by atoms with van der Waals surface area (Å²) in [6, 6.07) is 10.1. The molecule has 0 atom stereocenters. The van der Waals surface area contributed by atoms with Crippen LogP contribution in [0.15, 0.2) is 36.4 Å². The van der Waals surface area contributed by atoms with Gasteiger partial charge in [-0.15, -0.1) is 0 Å². The Balaban J connectivity index is 1.63. The first-order chi connectivity index (χ1) is 11.8. The Labute approximate surface area is 154 Å². The molecule has 1 saturated heterocycles. The average Bonchev–Trinajstić information content (AvgIpc) is 2.56. The molecule has 0 radical (unpaired) electrons. The van der Waals surface area contributed by atoms with E-state index in [1.54, 1.807) is 0 Å². The molecule has 2 heterocycles. The maximum atomic E-state index is 12.8. The highest BCUT2D eigenvalue weighted by atomic mass is 35.5. The molecule has 3 nitrogen and oxygen atoms in total. The molecule has 1 aromatic carbocycles. The van der Waals surface area contributed by atoms with Gasteiger partial charge in [-0.05, 0) is 23.8 Å². The maximum absolute atomic E-state index is 12.8. The number of nitrogens with zero attached hydrogens (tertiary/aromatic N) is 3. The molecular weight excluding hydrogens is 374 g/mol. The van der Waals surface area contributed by atoms with Gasteiger partial charge in [-0.1, -0.05) is 41.4 Å². The van der Waals surface area contributed by atoms with Crippen molar-refractivity contribution in [1.82, 2.24) is 9.88 Å². The van der Waals surface area contributed by atoms with Gasteiger partial charge in [0.15, 0.2) is 0 Å². The highest BCUT2D eigenvalue weighted by molar-refractivity contribution is 6.31. The van der Waals surface area contributed by atoms with E-state index in [1.807, 2.05) is 29.2 Å². The molecule has 0 unspecified atom stereocenters. The van der Waals surface area contributed by atoms with Gasteiger partial charge < -0.3 is 4.90 Å². The van der Waals surface area contributed by atoms with Crippen LogP contribution in [0.3, 0.4) is 0 Å². The predicted octanol–water partition coefficient (Wildman–Crippen LogP) is 4.73. The molecule has 1 aliphatic rings. The van der Waals surface area contributed by atoms with E-state index in [4.69, 9.17) is 23.2 Å². The summed E-state index contributed by atoms with van der Waals surface area (Å²) >= 11 is 11.9. The second-order valence-corrected chi connectivity index (χ2v) is 6.63. The Morgan fingerprint density at radius 3 is 2.24 bits per heavy atom. The van der Waals surface area contributed by atoms with Gasteiger partial charge >= 0.3 is 6.18 Å². The second kappa shape index (κ2) is 7.40. The van der Waals surface area contributed by atoms with Gasteiger partial charge in [-0.25, -0.2) is 4.98 Å². The standard InChI is InChI=1S/C17H16Cl2F3N3/c18-14-4-2-1-3-12(14)11-24-7-9-25(10-8-24)15-6-5-13(16(19)23-15)17(20,21)22/h1-6H,7-11H2. The molecule has 0 bridgehead atoms. The third-order valence-corrected chi connectivity index (χ3v) is 4.84. The number of hydrogen-bond acceptors (Lipinski definition) is 3. The van der Waals surface area contributed by atoms with Gasteiger partial charge in [0.25, 0.3) is 0 Å². The third-order valence-electron chi connectivity index (χ3n) is 4.19. The number of rotatable bonds is 3. The summed E-state index contributed by atoms with van der Waals surface area (Å²) in [6.45, 7) is 3.62. The van der Waals surface area contributed by atoms with Crippen molar-refractivity contribution in [2.45, 2.75) is 12.7 Å². The Hall–Kier alpha value is -1.50. The van der Waals surface area contributed by atoms with E-state index in [-0.39, 0.29) is 0 Å². The van der Waals surface area contributed by atoms with Gasteiger partial charge in [-0.2, -0.15) is 13.2 Å². The van der Waals surface area contributed by atoms with Crippen LogP contribution in [0.4, 0.5) is 19.0 Å². The molecule has 1 fully saturated rings. The molecule has 134 valence electrons. The molecule has 0 spiro atoms.